The molecule has 1 N–H and O–H groups in total. The summed E-state index contributed by atoms with van der Waals surface area (Å²) in [6, 6.07) is 13.4. The van der Waals surface area contributed by atoms with Crippen molar-refractivity contribution < 1.29 is 19.4 Å². The van der Waals surface area contributed by atoms with Gasteiger partial charge in [0.05, 0.1) is 13.3 Å². The fourth-order valence-corrected chi connectivity index (χ4v) is 2.47. The van der Waals surface area contributed by atoms with Crippen molar-refractivity contribution in [2.75, 3.05) is 20.3 Å². The highest BCUT2D eigenvalue weighted by Gasteiger charge is 2.18. The third kappa shape index (κ3) is 5.14. The molecule has 0 fully saturated rings. The van der Waals surface area contributed by atoms with Crippen LogP contribution >= 0.6 is 0 Å². The van der Waals surface area contributed by atoms with E-state index in [0.29, 0.717) is 24.7 Å². The van der Waals surface area contributed by atoms with Crippen LogP contribution in [0.4, 0.5) is 0 Å². The highest BCUT2D eigenvalue weighted by molar-refractivity contribution is 5.80. The lowest BCUT2D eigenvalue weighted by Gasteiger charge is -2.22. The van der Waals surface area contributed by atoms with Crippen LogP contribution in [0.15, 0.2) is 47.6 Å². The summed E-state index contributed by atoms with van der Waals surface area (Å²) < 4.78 is 17.0. The number of benzene rings is 2. The molecule has 2 aromatic carbocycles. The van der Waals surface area contributed by atoms with Gasteiger partial charge in [-0.25, -0.2) is 0 Å². The van der Waals surface area contributed by atoms with Crippen molar-refractivity contribution in [3.05, 3.63) is 53.6 Å². The van der Waals surface area contributed by atoms with E-state index in [0.717, 1.165) is 11.3 Å². The molecule has 5 heteroatoms. The van der Waals surface area contributed by atoms with Crippen LogP contribution in [0.1, 0.15) is 31.9 Å². The number of rotatable bonds is 7. The molecule has 0 unspecified atom stereocenters. The smallest absolute Gasteiger partial charge is 0.161 e. The van der Waals surface area contributed by atoms with Crippen molar-refractivity contribution in [3.8, 4) is 17.2 Å². The summed E-state index contributed by atoms with van der Waals surface area (Å²) in [4.78, 5) is 0. The molecule has 0 aliphatic heterocycles. The largest absolute Gasteiger partial charge is 0.493 e. The second-order valence-electron chi connectivity index (χ2n) is 6.60. The van der Waals surface area contributed by atoms with Crippen LogP contribution in [0.25, 0.3) is 0 Å². The lowest BCUT2D eigenvalue weighted by Crippen LogP contribution is -2.15. The van der Waals surface area contributed by atoms with Gasteiger partial charge in [-0.1, -0.05) is 44.1 Å². The number of methoxy groups -OCH3 is 1. The molecule has 0 bridgehead atoms. The molecule has 0 saturated heterocycles. The van der Waals surface area contributed by atoms with Gasteiger partial charge in [0, 0.05) is 5.56 Å². The number of oxime groups is 1. The minimum atomic E-state index is 0.0186. The number of nitrogens with zero attached hydrogens (tertiary/aromatic N) is 1. The first-order chi connectivity index (χ1) is 12.0. The molecule has 0 aliphatic rings. The summed E-state index contributed by atoms with van der Waals surface area (Å²) in [5, 5.41) is 11.6. The van der Waals surface area contributed by atoms with Crippen molar-refractivity contribution in [1.82, 2.24) is 0 Å². The standard InChI is InChI=1S/C20H25NO4/c1-20(2,3)16-7-5-6-8-17(16)24-11-12-25-18-10-9-15(14-21-22)13-19(18)23-4/h5-10,13-14,22H,11-12H2,1-4H3. The Morgan fingerprint density at radius 3 is 2.28 bits per heavy atom. The van der Waals surface area contributed by atoms with Crippen molar-refractivity contribution >= 4 is 6.21 Å². The number of para-hydroxylation sites is 1. The SMILES string of the molecule is COc1cc(C=NO)ccc1OCCOc1ccccc1C(C)(C)C. The fraction of sp³-hybridized carbons (Fsp3) is 0.350. The maximum Gasteiger partial charge on any atom is 0.161 e. The molecule has 0 aliphatic carbocycles. The van der Waals surface area contributed by atoms with E-state index < -0.39 is 0 Å². The molecule has 0 spiro atoms. The molecule has 0 saturated carbocycles. The van der Waals surface area contributed by atoms with E-state index in [4.69, 9.17) is 19.4 Å². The fourth-order valence-electron chi connectivity index (χ4n) is 2.47. The number of hydrogen-bond donors (Lipinski definition) is 1. The Morgan fingerprint density at radius 1 is 0.960 bits per heavy atom. The molecular formula is C20H25NO4. The summed E-state index contributed by atoms with van der Waals surface area (Å²) in [6.45, 7) is 7.30. The monoisotopic (exact) mass is 343 g/mol. The van der Waals surface area contributed by atoms with Crippen LogP contribution in [0.5, 0.6) is 17.2 Å². The van der Waals surface area contributed by atoms with Gasteiger partial charge in [0.1, 0.15) is 19.0 Å². The van der Waals surface area contributed by atoms with Crippen LogP contribution < -0.4 is 14.2 Å². The molecule has 2 aromatic rings. The Kier molecular flexibility index (Phi) is 6.28. The zero-order valence-corrected chi connectivity index (χ0v) is 15.2. The maximum absolute atomic E-state index is 8.59. The zero-order chi connectivity index (χ0) is 18.3. The van der Waals surface area contributed by atoms with E-state index in [1.54, 1.807) is 25.3 Å². The summed E-state index contributed by atoms with van der Waals surface area (Å²) in [5.74, 6) is 2.07. The molecule has 0 atom stereocenters. The van der Waals surface area contributed by atoms with Crippen LogP contribution in [-0.4, -0.2) is 31.7 Å². The van der Waals surface area contributed by atoms with Gasteiger partial charge in [0.25, 0.3) is 0 Å². The van der Waals surface area contributed by atoms with Crippen LogP contribution in [0.2, 0.25) is 0 Å². The van der Waals surface area contributed by atoms with E-state index >= 15 is 0 Å². The molecule has 5 nitrogen and oxygen atoms in total. The Hall–Kier alpha value is -2.69. The van der Waals surface area contributed by atoms with Gasteiger partial charge in [-0.2, -0.15) is 0 Å². The third-order valence-corrected chi connectivity index (χ3v) is 3.69. The van der Waals surface area contributed by atoms with Gasteiger partial charge < -0.3 is 19.4 Å². The summed E-state index contributed by atoms with van der Waals surface area (Å²) in [5.41, 5.74) is 1.91. The molecule has 0 radical (unpaired) electrons. The van der Waals surface area contributed by atoms with E-state index in [2.05, 4.69) is 32.0 Å². The molecule has 0 amide bonds. The average molecular weight is 343 g/mol. The van der Waals surface area contributed by atoms with Crippen LogP contribution in [0, 0.1) is 0 Å². The van der Waals surface area contributed by atoms with Gasteiger partial charge in [0.15, 0.2) is 11.5 Å². The topological polar surface area (TPSA) is 60.3 Å². The highest BCUT2D eigenvalue weighted by Crippen LogP contribution is 2.31. The van der Waals surface area contributed by atoms with Gasteiger partial charge in [0.2, 0.25) is 0 Å². The summed E-state index contributed by atoms with van der Waals surface area (Å²) in [7, 11) is 1.57. The second-order valence-corrected chi connectivity index (χ2v) is 6.60. The Bertz CT molecular complexity index is 720. The first-order valence-corrected chi connectivity index (χ1v) is 8.16. The van der Waals surface area contributed by atoms with E-state index in [-0.39, 0.29) is 5.41 Å². The van der Waals surface area contributed by atoms with Gasteiger partial charge in [-0.05, 0) is 35.2 Å². The Balaban J connectivity index is 1.96. The number of ether oxygens (including phenoxy) is 3. The van der Waals surface area contributed by atoms with Crippen molar-refractivity contribution in [2.24, 2.45) is 5.16 Å². The molecule has 2 rings (SSSR count). The molecule has 134 valence electrons. The first kappa shape index (κ1) is 18.6. The molecule has 0 heterocycles. The van der Waals surface area contributed by atoms with Crippen LogP contribution in [-0.2, 0) is 5.41 Å². The Morgan fingerprint density at radius 2 is 1.64 bits per heavy atom. The number of hydrogen-bond acceptors (Lipinski definition) is 5. The predicted molar refractivity (Wildman–Crippen MR) is 98.5 cm³/mol. The van der Waals surface area contributed by atoms with Gasteiger partial charge >= 0.3 is 0 Å². The quantitative estimate of drug-likeness (QED) is 0.353. The summed E-state index contributed by atoms with van der Waals surface area (Å²) >= 11 is 0. The lowest BCUT2D eigenvalue weighted by atomic mass is 9.86. The molecular weight excluding hydrogens is 318 g/mol. The highest BCUT2D eigenvalue weighted by atomic mass is 16.5. The first-order valence-electron chi connectivity index (χ1n) is 8.16. The predicted octanol–water partition coefficient (Wildman–Crippen LogP) is 4.26. The zero-order valence-electron chi connectivity index (χ0n) is 15.2. The third-order valence-electron chi connectivity index (χ3n) is 3.69. The van der Waals surface area contributed by atoms with Gasteiger partial charge in [-0.3, -0.25) is 0 Å². The van der Waals surface area contributed by atoms with Crippen molar-refractivity contribution in [3.63, 3.8) is 0 Å². The van der Waals surface area contributed by atoms with Crippen molar-refractivity contribution in [2.45, 2.75) is 26.2 Å². The summed E-state index contributed by atoms with van der Waals surface area (Å²) in [6.07, 6.45) is 1.33. The minimum Gasteiger partial charge on any atom is -0.493 e. The average Bonchev–Trinajstić information content (AvgIpc) is 2.59. The lowest BCUT2D eigenvalue weighted by molar-refractivity contribution is 0.208. The molecule has 0 aromatic heterocycles. The molecule has 25 heavy (non-hydrogen) atoms. The second kappa shape index (κ2) is 8.42. The van der Waals surface area contributed by atoms with E-state index in [9.17, 15) is 0 Å². The van der Waals surface area contributed by atoms with Gasteiger partial charge in [-0.15, -0.1) is 0 Å². The Labute approximate surface area is 148 Å². The van der Waals surface area contributed by atoms with E-state index in [1.165, 1.54) is 11.8 Å². The van der Waals surface area contributed by atoms with Crippen molar-refractivity contribution in [1.29, 1.82) is 0 Å². The normalized spacial score (nSPS) is 11.5. The van der Waals surface area contributed by atoms with E-state index in [1.807, 2.05) is 18.2 Å². The van der Waals surface area contributed by atoms with Crippen LogP contribution in [0.3, 0.4) is 0 Å². The minimum absolute atomic E-state index is 0.0186. The maximum atomic E-state index is 8.59.